The van der Waals surface area contributed by atoms with Crippen LogP contribution in [0.15, 0.2) is 49.1 Å². The summed E-state index contributed by atoms with van der Waals surface area (Å²) in [7, 11) is 0. The molecule has 0 aliphatic heterocycles. The zero-order valence-corrected chi connectivity index (χ0v) is 14.6. The van der Waals surface area contributed by atoms with Crippen LogP contribution in [0.4, 0.5) is 9.59 Å². The monoisotopic (exact) mass is 487 g/mol. The number of aromatic nitrogens is 2. The SMILES string of the molecule is O=C([NH][Nd+][NH]C(=O)n1cccc1)n1cccc1.[I-]. The van der Waals surface area contributed by atoms with E-state index in [2.05, 4.69) is 2.80 Å². The molecule has 0 saturated carbocycles. The number of carbonyl (C=O) groups is 2. The first kappa shape index (κ1) is 15.6. The third-order valence-electron chi connectivity index (χ3n) is 2.02. The maximum Gasteiger partial charge on any atom is -1.00 e. The van der Waals surface area contributed by atoms with Crippen LogP contribution >= 0.6 is 0 Å². The number of carbonyl (C=O) groups excluding carboxylic acids is 2. The summed E-state index contributed by atoms with van der Waals surface area (Å²) in [5.74, 6) is 0. The van der Waals surface area contributed by atoms with E-state index >= 15 is 0 Å². The molecule has 0 saturated heterocycles. The van der Waals surface area contributed by atoms with Crippen LogP contribution in [0.2, 0.25) is 0 Å². The molecular weight excluding hydrogens is 479 g/mol. The summed E-state index contributed by atoms with van der Waals surface area (Å²) in [5.41, 5.74) is 0. The van der Waals surface area contributed by atoms with Gasteiger partial charge in [0.2, 0.25) is 0 Å². The first-order valence-corrected chi connectivity index (χ1v) is 8.10. The Morgan fingerprint density at radius 3 is 1.44 bits per heavy atom. The van der Waals surface area contributed by atoms with Crippen molar-refractivity contribution in [2.24, 2.45) is 0 Å². The largest absolute Gasteiger partial charge is 1.00 e. The van der Waals surface area contributed by atoms with Gasteiger partial charge < -0.3 is 24.0 Å². The molecule has 0 bridgehead atoms. The fraction of sp³-hybridized carbons (Fsp3) is 0. The van der Waals surface area contributed by atoms with Gasteiger partial charge in [0.1, 0.15) is 0 Å². The van der Waals surface area contributed by atoms with Crippen LogP contribution in [-0.2, 0) is 0 Å². The molecule has 0 unspecified atom stereocenters. The minimum atomic E-state index is -1.67. The summed E-state index contributed by atoms with van der Waals surface area (Å²) in [6.07, 6.45) is 6.64. The van der Waals surface area contributed by atoms with Crippen LogP contribution in [0.5, 0.6) is 0 Å². The summed E-state index contributed by atoms with van der Waals surface area (Å²) in [5, 5.41) is 0. The summed E-state index contributed by atoms with van der Waals surface area (Å²) in [4.78, 5) is 23.0. The molecule has 2 heterocycles. The number of amides is 2. The van der Waals surface area contributed by atoms with Crippen LogP contribution in [0.25, 0.3) is 0 Å². The minimum Gasteiger partial charge on any atom is -1.00 e. The standard InChI is InChI=1S/2C5H6N2O.HI.Nd/c2*6-5(8)7-3-1-2-4-7;;/h2*1-4H,(H2,6,8);1H;/q;;;+3/p-3. The molecule has 18 heavy (non-hydrogen) atoms. The quantitative estimate of drug-likeness (QED) is 0.481. The van der Waals surface area contributed by atoms with E-state index in [0.29, 0.717) is 0 Å². The van der Waals surface area contributed by atoms with Crippen LogP contribution in [0.1, 0.15) is 0 Å². The van der Waals surface area contributed by atoms with Gasteiger partial charge in [-0.15, -0.1) is 0 Å². The van der Waals surface area contributed by atoms with E-state index in [9.17, 15) is 9.59 Å². The van der Waals surface area contributed by atoms with E-state index in [4.69, 9.17) is 0 Å². The normalized spacial score (nSPS) is 8.89. The molecule has 0 fully saturated rings. The molecule has 0 aliphatic rings. The molecule has 0 aliphatic carbocycles. The zero-order valence-electron chi connectivity index (χ0n) is 9.21. The Morgan fingerprint density at radius 1 is 0.778 bits per heavy atom. The molecule has 2 aromatic heterocycles. The molecule has 8 heteroatoms. The van der Waals surface area contributed by atoms with E-state index in [-0.39, 0.29) is 36.0 Å². The van der Waals surface area contributed by atoms with Crippen LogP contribution in [0.3, 0.4) is 0 Å². The second-order valence-corrected chi connectivity index (χ2v) is 5.57. The van der Waals surface area contributed by atoms with E-state index in [1.807, 2.05) is 0 Å². The van der Waals surface area contributed by atoms with Crippen molar-refractivity contribution in [3.05, 3.63) is 49.1 Å². The van der Waals surface area contributed by atoms with Gasteiger partial charge in [-0.05, 0) is 0 Å². The molecule has 0 spiro atoms. The first-order valence-electron chi connectivity index (χ1n) is 4.89. The number of nitrogens with zero attached hydrogens (tertiary/aromatic N) is 2. The maximum atomic E-state index is 11.5. The van der Waals surface area contributed by atoms with Crippen molar-refractivity contribution in [3.63, 3.8) is 0 Å². The molecule has 0 aromatic carbocycles. The molecule has 2 rings (SSSR count). The predicted molar refractivity (Wildman–Crippen MR) is 56.7 cm³/mol. The van der Waals surface area contributed by atoms with Crippen LogP contribution in [0, 0.1) is 37.5 Å². The molecule has 2 aromatic rings. The van der Waals surface area contributed by atoms with Crippen molar-refractivity contribution < 1.29 is 71.1 Å². The number of hydrogen-bond acceptors (Lipinski definition) is 2. The van der Waals surface area contributed by atoms with E-state index < -0.39 is 37.5 Å². The number of rotatable bonds is 2. The van der Waals surface area contributed by atoms with Gasteiger partial charge in [0.25, 0.3) is 0 Å². The summed E-state index contributed by atoms with van der Waals surface area (Å²) in [6.45, 7) is 0. The third kappa shape index (κ3) is 4.35. The minimum absolute atomic E-state index is 0. The number of halogens is 1. The predicted octanol–water partition coefficient (Wildman–Crippen LogP) is -1.98. The van der Waals surface area contributed by atoms with E-state index in [0.717, 1.165) is 0 Å². The average molecular weight is 489 g/mol. The van der Waals surface area contributed by atoms with E-state index in [1.54, 1.807) is 49.1 Å². The molecule has 6 nitrogen and oxygen atoms in total. The third-order valence-corrected chi connectivity index (χ3v) is 4.19. The number of hydrogen-bond donors (Lipinski definition) is 2. The Kier molecular flexibility index (Phi) is 6.86. The number of nitrogens with one attached hydrogen (secondary N) is 2. The van der Waals surface area contributed by atoms with Crippen molar-refractivity contribution in [2.75, 3.05) is 0 Å². The second-order valence-electron chi connectivity index (χ2n) is 3.17. The summed E-state index contributed by atoms with van der Waals surface area (Å²) in [6, 6.07) is 6.67. The molecule has 0 radical (unpaired) electrons. The fourth-order valence-electron chi connectivity index (χ4n) is 1.21. The van der Waals surface area contributed by atoms with Crippen molar-refractivity contribution in [1.82, 2.24) is 11.9 Å². The Morgan fingerprint density at radius 2 is 1.11 bits per heavy atom. The van der Waals surface area contributed by atoms with Gasteiger partial charge >= 0.3 is 120 Å². The molecule has 93 valence electrons. The molecular formula is C10H10IN4NdO2. The van der Waals surface area contributed by atoms with Crippen LogP contribution in [-0.4, -0.2) is 21.2 Å². The van der Waals surface area contributed by atoms with Gasteiger partial charge in [-0.3, -0.25) is 0 Å². The van der Waals surface area contributed by atoms with Gasteiger partial charge in [-0.25, -0.2) is 0 Å². The Bertz CT molecular complexity index is 452. The Balaban J connectivity index is 0.00000162. The average Bonchev–Trinajstić information content (AvgIpc) is 3.02. The fourth-order valence-corrected chi connectivity index (χ4v) is 2.92. The van der Waals surface area contributed by atoms with Gasteiger partial charge in [-0.2, -0.15) is 0 Å². The van der Waals surface area contributed by atoms with E-state index in [1.165, 1.54) is 9.13 Å². The van der Waals surface area contributed by atoms with Crippen LogP contribution < -0.4 is 26.8 Å². The second kappa shape index (κ2) is 7.89. The summed E-state index contributed by atoms with van der Waals surface area (Å²) < 4.78 is 8.38. The Labute approximate surface area is 142 Å². The zero-order chi connectivity index (χ0) is 12.1. The Hall–Kier alpha value is -0.419. The van der Waals surface area contributed by atoms with Gasteiger partial charge in [0, 0.05) is 0 Å². The van der Waals surface area contributed by atoms with Crippen molar-refractivity contribution >= 4 is 12.1 Å². The molecule has 2 amide bonds. The molecule has 0 atom stereocenters. The topological polar surface area (TPSA) is 68.1 Å². The summed E-state index contributed by atoms with van der Waals surface area (Å²) >= 11 is -1.67. The van der Waals surface area contributed by atoms with Crippen molar-refractivity contribution in [2.45, 2.75) is 0 Å². The smallest absolute Gasteiger partial charge is 1.00 e. The van der Waals surface area contributed by atoms with Gasteiger partial charge in [0.15, 0.2) is 0 Å². The molecule has 2 N–H and O–H groups in total. The van der Waals surface area contributed by atoms with Gasteiger partial charge in [0.05, 0.1) is 0 Å². The maximum absolute atomic E-state index is 11.5. The van der Waals surface area contributed by atoms with Crippen molar-refractivity contribution in [3.8, 4) is 0 Å². The first-order chi connectivity index (χ1) is 8.27. The van der Waals surface area contributed by atoms with Crippen molar-refractivity contribution in [1.29, 1.82) is 0 Å². The van der Waals surface area contributed by atoms with Gasteiger partial charge in [-0.1, -0.05) is 0 Å².